The molecule has 3 nitrogen and oxygen atoms in total. The van der Waals surface area contributed by atoms with E-state index in [0.29, 0.717) is 0 Å². The molecule has 1 aliphatic rings. The van der Waals surface area contributed by atoms with E-state index in [0.717, 1.165) is 45.9 Å². The second kappa shape index (κ2) is 8.43. The monoisotopic (exact) mass is 324 g/mol. The Balaban J connectivity index is 1.47. The fourth-order valence-corrected chi connectivity index (χ4v) is 3.17. The van der Waals surface area contributed by atoms with Crippen LogP contribution in [0.5, 0.6) is 0 Å². The average Bonchev–Trinajstić information content (AvgIpc) is 2.59. The van der Waals surface area contributed by atoms with Crippen LogP contribution >= 0.6 is 0 Å². The highest BCUT2D eigenvalue weighted by molar-refractivity contribution is 5.30. The molecule has 1 aliphatic heterocycles. The van der Waals surface area contributed by atoms with E-state index < -0.39 is 0 Å². The summed E-state index contributed by atoms with van der Waals surface area (Å²) < 4.78 is 5.40. The summed E-state index contributed by atoms with van der Waals surface area (Å²) in [6.07, 6.45) is 0. The molecular formula is C21H28N2O. The minimum atomic E-state index is 0.862. The summed E-state index contributed by atoms with van der Waals surface area (Å²) in [5, 5.41) is 3.55. The molecule has 0 bridgehead atoms. The Bertz CT molecular complexity index is 645. The summed E-state index contributed by atoms with van der Waals surface area (Å²) in [7, 11) is 0. The predicted molar refractivity (Wildman–Crippen MR) is 99.0 cm³/mol. The molecule has 1 fully saturated rings. The van der Waals surface area contributed by atoms with Crippen LogP contribution in [0.25, 0.3) is 0 Å². The number of nitrogens with zero attached hydrogens (tertiary/aromatic N) is 1. The zero-order valence-corrected chi connectivity index (χ0v) is 14.8. The number of hydrogen-bond acceptors (Lipinski definition) is 3. The molecule has 1 N–H and O–H groups in total. The van der Waals surface area contributed by atoms with Crippen molar-refractivity contribution in [3.63, 3.8) is 0 Å². The maximum atomic E-state index is 5.40. The highest BCUT2D eigenvalue weighted by Crippen LogP contribution is 2.12. The Labute approximate surface area is 145 Å². The lowest BCUT2D eigenvalue weighted by molar-refractivity contribution is 0.0342. The van der Waals surface area contributed by atoms with Crippen LogP contribution in [-0.2, 0) is 24.4 Å². The number of ether oxygens (including phenoxy) is 1. The quantitative estimate of drug-likeness (QED) is 0.881. The molecule has 0 aromatic heterocycles. The van der Waals surface area contributed by atoms with Crippen molar-refractivity contribution in [2.75, 3.05) is 26.3 Å². The molecule has 128 valence electrons. The SMILES string of the molecule is Cc1ccc(CNCc2ccc(CN3CCOCC3)cc2)c(C)c1. The summed E-state index contributed by atoms with van der Waals surface area (Å²) in [5.41, 5.74) is 6.79. The van der Waals surface area contributed by atoms with Crippen molar-refractivity contribution >= 4 is 0 Å². The lowest BCUT2D eigenvalue weighted by Crippen LogP contribution is -2.35. The molecule has 3 rings (SSSR count). The maximum absolute atomic E-state index is 5.40. The highest BCUT2D eigenvalue weighted by Gasteiger charge is 2.10. The van der Waals surface area contributed by atoms with Crippen molar-refractivity contribution in [3.05, 3.63) is 70.3 Å². The standard InChI is InChI=1S/C21H28N2O/c1-17-3-8-21(18(2)13-17)15-22-14-19-4-6-20(7-5-19)16-23-9-11-24-12-10-23/h3-8,13,22H,9-12,14-16H2,1-2H3. The van der Waals surface area contributed by atoms with Crippen LogP contribution < -0.4 is 5.32 Å². The van der Waals surface area contributed by atoms with Crippen LogP contribution in [0.1, 0.15) is 27.8 Å². The second-order valence-corrected chi connectivity index (χ2v) is 6.74. The van der Waals surface area contributed by atoms with Crippen LogP contribution in [0.2, 0.25) is 0 Å². The Morgan fingerprint density at radius 1 is 0.917 bits per heavy atom. The number of morpholine rings is 1. The van der Waals surface area contributed by atoms with Gasteiger partial charge >= 0.3 is 0 Å². The van der Waals surface area contributed by atoms with Gasteiger partial charge in [0.25, 0.3) is 0 Å². The van der Waals surface area contributed by atoms with E-state index in [-0.39, 0.29) is 0 Å². The van der Waals surface area contributed by atoms with Crippen molar-refractivity contribution < 1.29 is 4.74 Å². The normalized spacial score (nSPS) is 15.6. The molecule has 0 amide bonds. The molecule has 0 saturated carbocycles. The minimum absolute atomic E-state index is 0.862. The van der Waals surface area contributed by atoms with E-state index in [2.05, 4.69) is 66.5 Å². The van der Waals surface area contributed by atoms with Gasteiger partial charge in [-0.05, 0) is 36.1 Å². The van der Waals surface area contributed by atoms with Gasteiger partial charge in [-0.3, -0.25) is 4.90 Å². The van der Waals surface area contributed by atoms with E-state index in [1.54, 1.807) is 0 Å². The highest BCUT2D eigenvalue weighted by atomic mass is 16.5. The van der Waals surface area contributed by atoms with Crippen LogP contribution in [0, 0.1) is 13.8 Å². The number of hydrogen-bond donors (Lipinski definition) is 1. The van der Waals surface area contributed by atoms with Gasteiger partial charge in [0.05, 0.1) is 13.2 Å². The van der Waals surface area contributed by atoms with Crippen LogP contribution in [-0.4, -0.2) is 31.2 Å². The fourth-order valence-electron chi connectivity index (χ4n) is 3.17. The van der Waals surface area contributed by atoms with Gasteiger partial charge in [-0.25, -0.2) is 0 Å². The Morgan fingerprint density at radius 3 is 2.33 bits per heavy atom. The molecular weight excluding hydrogens is 296 g/mol. The number of rotatable bonds is 6. The molecule has 0 unspecified atom stereocenters. The van der Waals surface area contributed by atoms with Gasteiger partial charge in [-0.1, -0.05) is 48.0 Å². The van der Waals surface area contributed by atoms with Gasteiger partial charge in [-0.15, -0.1) is 0 Å². The van der Waals surface area contributed by atoms with Gasteiger partial charge in [-0.2, -0.15) is 0 Å². The molecule has 1 heterocycles. The van der Waals surface area contributed by atoms with Gasteiger partial charge < -0.3 is 10.1 Å². The lowest BCUT2D eigenvalue weighted by atomic mass is 10.1. The average molecular weight is 324 g/mol. The van der Waals surface area contributed by atoms with Crippen molar-refractivity contribution in [1.29, 1.82) is 0 Å². The fraction of sp³-hybridized carbons (Fsp3) is 0.429. The van der Waals surface area contributed by atoms with E-state index in [1.807, 2.05) is 0 Å². The van der Waals surface area contributed by atoms with E-state index >= 15 is 0 Å². The summed E-state index contributed by atoms with van der Waals surface area (Å²) >= 11 is 0. The van der Waals surface area contributed by atoms with Crippen LogP contribution in [0.4, 0.5) is 0 Å². The van der Waals surface area contributed by atoms with Crippen molar-refractivity contribution in [2.24, 2.45) is 0 Å². The molecule has 1 saturated heterocycles. The van der Waals surface area contributed by atoms with Gasteiger partial charge in [0.1, 0.15) is 0 Å². The Morgan fingerprint density at radius 2 is 1.62 bits per heavy atom. The summed E-state index contributed by atoms with van der Waals surface area (Å²) in [5.74, 6) is 0. The smallest absolute Gasteiger partial charge is 0.0594 e. The number of benzene rings is 2. The molecule has 0 aliphatic carbocycles. The zero-order chi connectivity index (χ0) is 16.8. The largest absolute Gasteiger partial charge is 0.379 e. The van der Waals surface area contributed by atoms with E-state index in [9.17, 15) is 0 Å². The topological polar surface area (TPSA) is 24.5 Å². The van der Waals surface area contributed by atoms with Crippen LogP contribution in [0.3, 0.4) is 0 Å². The third kappa shape index (κ3) is 4.91. The second-order valence-electron chi connectivity index (χ2n) is 6.74. The first kappa shape index (κ1) is 17.2. The molecule has 3 heteroatoms. The Hall–Kier alpha value is -1.68. The first-order chi connectivity index (χ1) is 11.7. The van der Waals surface area contributed by atoms with Gasteiger partial charge in [0.15, 0.2) is 0 Å². The minimum Gasteiger partial charge on any atom is -0.379 e. The molecule has 2 aromatic rings. The Kier molecular flexibility index (Phi) is 6.02. The van der Waals surface area contributed by atoms with E-state index in [4.69, 9.17) is 4.74 Å². The molecule has 24 heavy (non-hydrogen) atoms. The first-order valence-corrected chi connectivity index (χ1v) is 8.85. The van der Waals surface area contributed by atoms with Crippen molar-refractivity contribution in [2.45, 2.75) is 33.5 Å². The van der Waals surface area contributed by atoms with Crippen LogP contribution in [0.15, 0.2) is 42.5 Å². The van der Waals surface area contributed by atoms with Gasteiger partial charge in [0, 0.05) is 32.7 Å². The lowest BCUT2D eigenvalue weighted by Gasteiger charge is -2.26. The zero-order valence-electron chi connectivity index (χ0n) is 14.8. The van der Waals surface area contributed by atoms with Crippen molar-refractivity contribution in [3.8, 4) is 0 Å². The molecule has 0 radical (unpaired) electrons. The molecule has 2 aromatic carbocycles. The molecule has 0 atom stereocenters. The summed E-state index contributed by atoms with van der Waals surface area (Å²) in [6, 6.07) is 15.6. The third-order valence-electron chi connectivity index (χ3n) is 4.68. The number of aryl methyl sites for hydroxylation is 2. The van der Waals surface area contributed by atoms with E-state index in [1.165, 1.54) is 27.8 Å². The number of nitrogens with one attached hydrogen (secondary N) is 1. The van der Waals surface area contributed by atoms with Gasteiger partial charge in [0.2, 0.25) is 0 Å². The first-order valence-electron chi connectivity index (χ1n) is 8.85. The predicted octanol–water partition coefficient (Wildman–Crippen LogP) is 3.43. The molecule has 0 spiro atoms. The van der Waals surface area contributed by atoms with Crippen molar-refractivity contribution in [1.82, 2.24) is 10.2 Å². The maximum Gasteiger partial charge on any atom is 0.0594 e. The summed E-state index contributed by atoms with van der Waals surface area (Å²) in [6.45, 7) is 11.0. The third-order valence-corrected chi connectivity index (χ3v) is 4.68. The summed E-state index contributed by atoms with van der Waals surface area (Å²) in [4.78, 5) is 2.46.